The van der Waals surface area contributed by atoms with Crippen molar-refractivity contribution >= 4 is 5.91 Å². The van der Waals surface area contributed by atoms with Crippen LogP contribution < -0.4 is 14.8 Å². The molecule has 1 unspecified atom stereocenters. The van der Waals surface area contributed by atoms with Crippen molar-refractivity contribution in [1.29, 1.82) is 0 Å². The Morgan fingerprint density at radius 2 is 1.96 bits per heavy atom. The number of carbonyl (C=O) groups excluding carboxylic acids is 1. The molecule has 1 N–H and O–H groups in total. The molecule has 4 nitrogen and oxygen atoms in total. The molecule has 1 amide bonds. The highest BCUT2D eigenvalue weighted by molar-refractivity contribution is 5.79. The van der Waals surface area contributed by atoms with Gasteiger partial charge in [0, 0.05) is 13.0 Å². The predicted molar refractivity (Wildman–Crippen MR) is 86.6 cm³/mol. The number of hydrogen-bond donors (Lipinski definition) is 1. The minimum Gasteiger partial charge on any atom is -0.493 e. The van der Waals surface area contributed by atoms with E-state index in [-0.39, 0.29) is 17.6 Å². The Kier molecular flexibility index (Phi) is 3.84. The van der Waals surface area contributed by atoms with E-state index in [0.29, 0.717) is 25.3 Å². The summed E-state index contributed by atoms with van der Waals surface area (Å²) < 4.78 is 24.4. The molecule has 0 radical (unpaired) electrons. The number of carbonyl (C=O) groups is 1. The van der Waals surface area contributed by atoms with Crippen LogP contribution in [0.5, 0.6) is 11.5 Å². The van der Waals surface area contributed by atoms with E-state index in [1.165, 1.54) is 17.7 Å². The second kappa shape index (κ2) is 6.15. The lowest BCUT2D eigenvalue weighted by Crippen LogP contribution is -2.37. The second-order valence-corrected chi connectivity index (χ2v) is 6.22. The summed E-state index contributed by atoms with van der Waals surface area (Å²) in [6.07, 6.45) is 1.41. The SMILES string of the molecule is O=C(NCc1ccc2c(c1)CCO2)C1COc2ccc(F)cc2C1. The van der Waals surface area contributed by atoms with Crippen molar-refractivity contribution in [2.75, 3.05) is 13.2 Å². The smallest absolute Gasteiger partial charge is 0.227 e. The van der Waals surface area contributed by atoms with Crippen LogP contribution in [0.4, 0.5) is 4.39 Å². The molecule has 5 heteroatoms. The Morgan fingerprint density at radius 1 is 1.12 bits per heavy atom. The minimum absolute atomic E-state index is 0.0679. The molecule has 0 bridgehead atoms. The van der Waals surface area contributed by atoms with E-state index in [0.717, 1.165) is 29.9 Å². The van der Waals surface area contributed by atoms with Crippen LogP contribution in [0.2, 0.25) is 0 Å². The first-order valence-corrected chi connectivity index (χ1v) is 8.12. The zero-order valence-electron chi connectivity index (χ0n) is 13.2. The Hall–Kier alpha value is -2.56. The Bertz CT molecular complexity index is 790. The van der Waals surface area contributed by atoms with Crippen molar-refractivity contribution in [2.24, 2.45) is 5.92 Å². The van der Waals surface area contributed by atoms with Crippen molar-refractivity contribution < 1.29 is 18.7 Å². The first kappa shape index (κ1) is 15.0. The number of halogens is 1. The van der Waals surface area contributed by atoms with Gasteiger partial charge in [-0.15, -0.1) is 0 Å². The third-order valence-electron chi connectivity index (χ3n) is 4.52. The van der Waals surface area contributed by atoms with Crippen molar-refractivity contribution in [1.82, 2.24) is 5.32 Å². The highest BCUT2D eigenvalue weighted by Crippen LogP contribution is 2.28. The number of ether oxygens (including phenoxy) is 2. The van der Waals surface area contributed by atoms with Crippen molar-refractivity contribution in [3.05, 3.63) is 58.9 Å². The lowest BCUT2D eigenvalue weighted by Gasteiger charge is -2.24. The number of amides is 1. The van der Waals surface area contributed by atoms with Gasteiger partial charge in [-0.2, -0.15) is 0 Å². The van der Waals surface area contributed by atoms with E-state index < -0.39 is 0 Å². The summed E-state index contributed by atoms with van der Waals surface area (Å²) in [4.78, 5) is 12.4. The van der Waals surface area contributed by atoms with Crippen molar-refractivity contribution in [2.45, 2.75) is 19.4 Å². The topological polar surface area (TPSA) is 47.6 Å². The largest absolute Gasteiger partial charge is 0.493 e. The van der Waals surface area contributed by atoms with Gasteiger partial charge in [-0.05, 0) is 47.4 Å². The fourth-order valence-corrected chi connectivity index (χ4v) is 3.21. The molecular formula is C19H18FNO3. The van der Waals surface area contributed by atoms with Crippen LogP contribution in [-0.4, -0.2) is 19.1 Å². The lowest BCUT2D eigenvalue weighted by atomic mass is 9.96. The number of nitrogens with one attached hydrogen (secondary N) is 1. The second-order valence-electron chi connectivity index (χ2n) is 6.22. The van der Waals surface area contributed by atoms with E-state index in [1.807, 2.05) is 12.1 Å². The maximum atomic E-state index is 13.3. The zero-order chi connectivity index (χ0) is 16.5. The normalized spacial score (nSPS) is 18.1. The van der Waals surface area contributed by atoms with Crippen LogP contribution in [0.25, 0.3) is 0 Å². The number of benzene rings is 2. The molecule has 2 aliphatic rings. The van der Waals surface area contributed by atoms with E-state index >= 15 is 0 Å². The van der Waals surface area contributed by atoms with Crippen LogP contribution >= 0.6 is 0 Å². The molecule has 0 saturated heterocycles. The summed E-state index contributed by atoms with van der Waals surface area (Å²) in [5, 5.41) is 2.95. The van der Waals surface area contributed by atoms with Gasteiger partial charge in [-0.25, -0.2) is 4.39 Å². The summed E-state index contributed by atoms with van der Waals surface area (Å²) in [5.41, 5.74) is 2.99. The van der Waals surface area contributed by atoms with Crippen LogP contribution in [-0.2, 0) is 24.2 Å². The van der Waals surface area contributed by atoms with Gasteiger partial charge < -0.3 is 14.8 Å². The van der Waals surface area contributed by atoms with E-state index in [2.05, 4.69) is 11.4 Å². The summed E-state index contributed by atoms with van der Waals surface area (Å²) >= 11 is 0. The molecule has 2 aliphatic heterocycles. The summed E-state index contributed by atoms with van der Waals surface area (Å²) in [6.45, 7) is 1.52. The lowest BCUT2D eigenvalue weighted by molar-refractivity contribution is -0.126. The molecule has 2 aromatic carbocycles. The van der Waals surface area contributed by atoms with Gasteiger partial charge in [-0.1, -0.05) is 12.1 Å². The van der Waals surface area contributed by atoms with Crippen LogP contribution in [0.1, 0.15) is 16.7 Å². The van der Waals surface area contributed by atoms with Crippen molar-refractivity contribution in [3.63, 3.8) is 0 Å². The predicted octanol–water partition coefficient (Wildman–Crippen LogP) is 2.63. The molecule has 4 rings (SSSR count). The third-order valence-corrected chi connectivity index (χ3v) is 4.52. The van der Waals surface area contributed by atoms with Gasteiger partial charge in [0.15, 0.2) is 0 Å². The molecule has 0 saturated carbocycles. The molecule has 2 aromatic rings. The molecule has 0 fully saturated rings. The highest BCUT2D eigenvalue weighted by atomic mass is 19.1. The highest BCUT2D eigenvalue weighted by Gasteiger charge is 2.26. The maximum Gasteiger partial charge on any atom is 0.227 e. The summed E-state index contributed by atoms with van der Waals surface area (Å²) in [5.74, 6) is 0.931. The zero-order valence-corrected chi connectivity index (χ0v) is 13.2. The Labute approximate surface area is 139 Å². The Morgan fingerprint density at radius 3 is 2.88 bits per heavy atom. The molecule has 2 heterocycles. The Balaban J connectivity index is 1.38. The van der Waals surface area contributed by atoms with E-state index in [9.17, 15) is 9.18 Å². The first-order valence-electron chi connectivity index (χ1n) is 8.12. The maximum absolute atomic E-state index is 13.3. The summed E-state index contributed by atoms with van der Waals surface area (Å²) in [6, 6.07) is 10.4. The molecular weight excluding hydrogens is 309 g/mol. The molecule has 124 valence electrons. The van der Waals surface area contributed by atoms with E-state index in [1.54, 1.807) is 6.07 Å². The molecule has 0 spiro atoms. The minimum atomic E-state index is -0.307. The molecule has 0 aromatic heterocycles. The average molecular weight is 327 g/mol. The monoisotopic (exact) mass is 327 g/mol. The fourth-order valence-electron chi connectivity index (χ4n) is 3.21. The van der Waals surface area contributed by atoms with Gasteiger partial charge in [0.2, 0.25) is 5.91 Å². The first-order chi connectivity index (χ1) is 11.7. The fraction of sp³-hybridized carbons (Fsp3) is 0.316. The molecule has 1 atom stereocenters. The van der Waals surface area contributed by atoms with Gasteiger partial charge >= 0.3 is 0 Å². The standard InChI is InChI=1S/C19H18FNO3/c20-16-2-4-18-14(9-16)8-15(11-24-18)19(22)21-10-12-1-3-17-13(7-12)5-6-23-17/h1-4,7,9,15H,5-6,8,10-11H2,(H,21,22). The van der Waals surface area contributed by atoms with Gasteiger partial charge in [0.05, 0.1) is 12.5 Å². The number of hydrogen-bond acceptors (Lipinski definition) is 3. The van der Waals surface area contributed by atoms with Gasteiger partial charge in [0.25, 0.3) is 0 Å². The van der Waals surface area contributed by atoms with Crippen LogP contribution in [0.15, 0.2) is 36.4 Å². The van der Waals surface area contributed by atoms with Crippen LogP contribution in [0.3, 0.4) is 0 Å². The summed E-state index contributed by atoms with van der Waals surface area (Å²) in [7, 11) is 0. The van der Waals surface area contributed by atoms with E-state index in [4.69, 9.17) is 9.47 Å². The van der Waals surface area contributed by atoms with Gasteiger partial charge in [0.1, 0.15) is 23.9 Å². The quantitative estimate of drug-likeness (QED) is 0.943. The third kappa shape index (κ3) is 2.94. The van der Waals surface area contributed by atoms with Gasteiger partial charge in [-0.3, -0.25) is 4.79 Å². The number of fused-ring (bicyclic) bond motifs is 2. The van der Waals surface area contributed by atoms with Crippen LogP contribution in [0, 0.1) is 11.7 Å². The molecule has 24 heavy (non-hydrogen) atoms. The average Bonchev–Trinajstić information content (AvgIpc) is 3.06. The molecule has 0 aliphatic carbocycles. The van der Waals surface area contributed by atoms with Crippen molar-refractivity contribution in [3.8, 4) is 11.5 Å². The number of rotatable bonds is 3.